The Kier molecular flexibility index (Phi) is 6.69. The first kappa shape index (κ1) is 19.6. The van der Waals surface area contributed by atoms with Gasteiger partial charge in [0.15, 0.2) is 0 Å². The van der Waals surface area contributed by atoms with Gasteiger partial charge in [0.05, 0.1) is 0 Å². The van der Waals surface area contributed by atoms with Crippen LogP contribution in [0.4, 0.5) is 14.9 Å². The number of piperidine rings is 1. The third kappa shape index (κ3) is 5.68. The molecule has 0 bridgehead atoms. The fourth-order valence-corrected chi connectivity index (χ4v) is 3.49. The second-order valence-electron chi connectivity index (χ2n) is 7.11. The summed E-state index contributed by atoms with van der Waals surface area (Å²) < 4.78 is 13.5. The van der Waals surface area contributed by atoms with Crippen LogP contribution in [0.5, 0.6) is 0 Å². The number of aryl methyl sites for hydroxylation is 1. The fraction of sp³-hybridized carbons (Fsp3) is 0.381. The van der Waals surface area contributed by atoms with E-state index in [2.05, 4.69) is 21.6 Å². The van der Waals surface area contributed by atoms with Crippen molar-refractivity contribution >= 4 is 23.3 Å². The molecule has 0 aliphatic carbocycles. The zero-order valence-corrected chi connectivity index (χ0v) is 16.2. The smallest absolute Gasteiger partial charge is 0.319 e. The number of likely N-dealkylation sites (tertiary alicyclic amines) is 1. The first-order valence-electron chi connectivity index (χ1n) is 9.28. The average molecular weight is 390 g/mol. The van der Waals surface area contributed by atoms with Gasteiger partial charge in [0, 0.05) is 23.8 Å². The number of nitrogens with one attached hydrogen (secondary N) is 2. The Balaban J connectivity index is 1.39. The molecule has 1 heterocycles. The van der Waals surface area contributed by atoms with Gasteiger partial charge in [-0.25, -0.2) is 9.18 Å². The van der Waals surface area contributed by atoms with Gasteiger partial charge in [0.25, 0.3) is 0 Å². The van der Waals surface area contributed by atoms with Crippen molar-refractivity contribution < 1.29 is 9.18 Å². The molecule has 0 saturated carbocycles. The highest BCUT2D eigenvalue weighted by Gasteiger charge is 2.20. The first-order chi connectivity index (χ1) is 13.0. The molecule has 2 amide bonds. The molecule has 1 aliphatic rings. The maximum absolute atomic E-state index is 13.5. The highest BCUT2D eigenvalue weighted by Crippen LogP contribution is 2.22. The third-order valence-electron chi connectivity index (χ3n) is 5.04. The molecule has 144 valence electrons. The molecule has 1 fully saturated rings. The molecule has 0 unspecified atom stereocenters. The van der Waals surface area contributed by atoms with E-state index in [1.165, 1.54) is 6.07 Å². The van der Waals surface area contributed by atoms with E-state index in [1.807, 2.05) is 18.2 Å². The molecular formula is C21H25ClFN3O. The van der Waals surface area contributed by atoms with E-state index in [0.717, 1.165) is 43.1 Å². The van der Waals surface area contributed by atoms with Crippen LogP contribution in [0.2, 0.25) is 5.02 Å². The van der Waals surface area contributed by atoms with Gasteiger partial charge in [0.1, 0.15) is 5.82 Å². The lowest BCUT2D eigenvalue weighted by Crippen LogP contribution is -2.39. The predicted molar refractivity (Wildman–Crippen MR) is 108 cm³/mol. The summed E-state index contributed by atoms with van der Waals surface area (Å²) in [5, 5.41) is 6.39. The summed E-state index contributed by atoms with van der Waals surface area (Å²) in [5.74, 6) is 0.131. The third-order valence-corrected chi connectivity index (χ3v) is 5.41. The van der Waals surface area contributed by atoms with Crippen molar-refractivity contribution in [3.63, 3.8) is 0 Å². The maximum atomic E-state index is 13.5. The number of carbonyl (C=O) groups is 1. The largest absolute Gasteiger partial charge is 0.338 e. The Hall–Kier alpha value is -2.11. The van der Waals surface area contributed by atoms with Crippen molar-refractivity contribution in [3.05, 3.63) is 64.4 Å². The Morgan fingerprint density at radius 2 is 1.96 bits per heavy atom. The lowest BCUT2D eigenvalue weighted by Gasteiger charge is -2.32. The van der Waals surface area contributed by atoms with Gasteiger partial charge in [-0.15, -0.1) is 0 Å². The highest BCUT2D eigenvalue weighted by molar-refractivity contribution is 6.31. The number of anilines is 1. The number of benzene rings is 2. The van der Waals surface area contributed by atoms with Crippen molar-refractivity contribution in [2.24, 2.45) is 5.92 Å². The molecule has 4 nitrogen and oxygen atoms in total. The van der Waals surface area contributed by atoms with Gasteiger partial charge >= 0.3 is 6.03 Å². The summed E-state index contributed by atoms with van der Waals surface area (Å²) in [4.78, 5) is 14.4. The van der Waals surface area contributed by atoms with Crippen LogP contribution in [-0.2, 0) is 6.54 Å². The van der Waals surface area contributed by atoms with Gasteiger partial charge in [-0.1, -0.05) is 35.9 Å². The van der Waals surface area contributed by atoms with E-state index < -0.39 is 0 Å². The molecule has 2 aromatic rings. The zero-order valence-electron chi connectivity index (χ0n) is 15.5. The van der Waals surface area contributed by atoms with E-state index in [9.17, 15) is 9.18 Å². The van der Waals surface area contributed by atoms with Crippen LogP contribution in [0, 0.1) is 18.7 Å². The lowest BCUT2D eigenvalue weighted by atomic mass is 9.96. The summed E-state index contributed by atoms with van der Waals surface area (Å²) in [7, 11) is 0. The van der Waals surface area contributed by atoms with Crippen LogP contribution in [0.25, 0.3) is 0 Å². The molecule has 27 heavy (non-hydrogen) atoms. The molecule has 0 aromatic heterocycles. The molecule has 0 atom stereocenters. The number of rotatable bonds is 5. The Morgan fingerprint density at radius 3 is 2.67 bits per heavy atom. The molecule has 3 rings (SSSR count). The predicted octanol–water partition coefficient (Wildman–Crippen LogP) is 4.82. The minimum atomic E-state index is -0.321. The van der Waals surface area contributed by atoms with E-state index in [1.54, 1.807) is 19.1 Å². The summed E-state index contributed by atoms with van der Waals surface area (Å²) in [6.07, 6.45) is 2.06. The van der Waals surface area contributed by atoms with Crippen LogP contribution >= 0.6 is 11.6 Å². The molecular weight excluding hydrogens is 365 g/mol. The summed E-state index contributed by atoms with van der Waals surface area (Å²) >= 11 is 6.24. The molecule has 1 saturated heterocycles. The average Bonchev–Trinajstić information content (AvgIpc) is 2.66. The molecule has 2 N–H and O–H groups in total. The van der Waals surface area contributed by atoms with Crippen LogP contribution in [0.3, 0.4) is 0 Å². The van der Waals surface area contributed by atoms with Gasteiger partial charge in [-0.2, -0.15) is 0 Å². The van der Waals surface area contributed by atoms with E-state index in [-0.39, 0.29) is 11.8 Å². The number of halogens is 2. The van der Waals surface area contributed by atoms with Crippen LogP contribution in [0.1, 0.15) is 24.0 Å². The van der Waals surface area contributed by atoms with Gasteiger partial charge in [-0.3, -0.25) is 4.90 Å². The fourth-order valence-electron chi connectivity index (χ4n) is 3.30. The Labute approximate surface area is 164 Å². The topological polar surface area (TPSA) is 44.4 Å². The van der Waals surface area contributed by atoms with Gasteiger partial charge in [0.2, 0.25) is 0 Å². The van der Waals surface area contributed by atoms with Gasteiger partial charge in [-0.05, 0) is 68.1 Å². The summed E-state index contributed by atoms with van der Waals surface area (Å²) in [6, 6.07) is 12.3. The number of hydrogen-bond donors (Lipinski definition) is 2. The van der Waals surface area contributed by atoms with E-state index in [0.29, 0.717) is 23.7 Å². The van der Waals surface area contributed by atoms with Crippen molar-refractivity contribution in [2.75, 3.05) is 25.0 Å². The monoisotopic (exact) mass is 389 g/mol. The van der Waals surface area contributed by atoms with Crippen molar-refractivity contribution in [3.8, 4) is 0 Å². The van der Waals surface area contributed by atoms with Crippen molar-refractivity contribution in [1.82, 2.24) is 10.2 Å². The normalized spacial score (nSPS) is 15.5. The lowest BCUT2D eigenvalue weighted by molar-refractivity contribution is 0.176. The molecule has 0 spiro atoms. The van der Waals surface area contributed by atoms with Crippen LogP contribution in [-0.4, -0.2) is 30.6 Å². The minimum absolute atomic E-state index is 0.295. The number of carbonyl (C=O) groups excluding carboxylic acids is 1. The number of hydrogen-bond acceptors (Lipinski definition) is 2. The quantitative estimate of drug-likeness (QED) is 0.769. The second kappa shape index (κ2) is 9.20. The van der Waals surface area contributed by atoms with Crippen molar-refractivity contribution in [2.45, 2.75) is 26.3 Å². The Morgan fingerprint density at radius 1 is 1.22 bits per heavy atom. The van der Waals surface area contributed by atoms with Crippen molar-refractivity contribution in [1.29, 1.82) is 0 Å². The number of urea groups is 1. The zero-order chi connectivity index (χ0) is 19.2. The van der Waals surface area contributed by atoms with Gasteiger partial charge < -0.3 is 10.6 Å². The Bertz CT molecular complexity index is 791. The maximum Gasteiger partial charge on any atom is 0.319 e. The van der Waals surface area contributed by atoms with E-state index in [4.69, 9.17) is 11.6 Å². The first-order valence-corrected chi connectivity index (χ1v) is 9.66. The number of nitrogens with zero attached hydrogens (tertiary/aromatic N) is 1. The van der Waals surface area contributed by atoms with Crippen LogP contribution < -0.4 is 10.6 Å². The standard InChI is InChI=1S/C21H25ClFN3O/c1-15-6-7-18(12-20(15)23)25-21(27)24-13-16-8-10-26(11-9-16)14-17-4-2-3-5-19(17)22/h2-7,12,16H,8-11,13-14H2,1H3,(H2,24,25,27). The number of amides is 2. The molecule has 2 aromatic carbocycles. The SMILES string of the molecule is Cc1ccc(NC(=O)NCC2CCN(Cc3ccccc3Cl)CC2)cc1F. The summed E-state index contributed by atoms with van der Waals surface area (Å²) in [6.45, 7) is 5.15. The second-order valence-corrected chi connectivity index (χ2v) is 7.52. The van der Waals surface area contributed by atoms with E-state index >= 15 is 0 Å². The molecule has 6 heteroatoms. The molecule has 1 aliphatic heterocycles. The minimum Gasteiger partial charge on any atom is -0.338 e. The summed E-state index contributed by atoms with van der Waals surface area (Å²) in [5.41, 5.74) is 2.18. The van der Waals surface area contributed by atoms with Crippen LogP contribution in [0.15, 0.2) is 42.5 Å². The highest BCUT2D eigenvalue weighted by atomic mass is 35.5. The molecule has 0 radical (unpaired) electrons.